The first kappa shape index (κ1) is 24.9. The van der Waals surface area contributed by atoms with Crippen molar-refractivity contribution in [3.8, 4) is 0 Å². The largest absolute Gasteiger partial charge is 0.416 e. The lowest BCUT2D eigenvalue weighted by molar-refractivity contribution is -0.138. The lowest BCUT2D eigenvalue weighted by Gasteiger charge is -2.12. The lowest BCUT2D eigenvalue weighted by atomic mass is 10.1. The quantitative estimate of drug-likeness (QED) is 0.262. The van der Waals surface area contributed by atoms with Gasteiger partial charge in [-0.15, -0.1) is 0 Å². The van der Waals surface area contributed by atoms with Crippen molar-refractivity contribution in [1.82, 2.24) is 0 Å². The van der Waals surface area contributed by atoms with E-state index < -0.39 is 23.5 Å². The fraction of sp³-hybridized carbons (Fsp3) is 0.0667. The second-order valence-electron chi connectivity index (χ2n) is 8.75. The van der Waals surface area contributed by atoms with Crippen LogP contribution in [0.1, 0.15) is 11.1 Å². The van der Waals surface area contributed by atoms with Gasteiger partial charge in [-0.25, -0.2) is 0 Å². The van der Waals surface area contributed by atoms with Crippen molar-refractivity contribution in [2.45, 2.75) is 22.1 Å². The molecule has 0 unspecified atom stereocenters. The van der Waals surface area contributed by atoms with Gasteiger partial charge in [0, 0.05) is 30.7 Å². The number of alkyl halides is 6. The normalized spacial score (nSPS) is 14.6. The average molecular weight is 555 g/mol. The summed E-state index contributed by atoms with van der Waals surface area (Å²) in [7, 11) is 0. The Balaban J connectivity index is 1.47. The molecule has 6 rings (SSSR count). The van der Waals surface area contributed by atoms with Crippen LogP contribution in [0.2, 0.25) is 0 Å². The highest BCUT2D eigenvalue weighted by atomic mass is 32.2. The first-order valence-corrected chi connectivity index (χ1v) is 13.1. The number of halogens is 6. The topological polar surface area (TPSA) is 0 Å². The van der Waals surface area contributed by atoms with Crippen molar-refractivity contribution in [3.63, 3.8) is 0 Å². The third kappa shape index (κ3) is 4.35. The molecule has 0 bridgehead atoms. The summed E-state index contributed by atoms with van der Waals surface area (Å²) in [6, 6.07) is 25.9. The predicted molar refractivity (Wildman–Crippen MR) is 140 cm³/mol. The Kier molecular flexibility index (Phi) is 6.00. The molecule has 4 aromatic rings. The van der Waals surface area contributed by atoms with Gasteiger partial charge in [0.1, 0.15) is 0 Å². The third-order valence-corrected chi connectivity index (χ3v) is 8.66. The van der Waals surface area contributed by atoms with E-state index in [1.807, 2.05) is 48.5 Å². The molecule has 0 amide bonds. The number of fused-ring (bicyclic) bond motifs is 3. The van der Waals surface area contributed by atoms with Crippen molar-refractivity contribution in [1.29, 1.82) is 0 Å². The van der Waals surface area contributed by atoms with Crippen LogP contribution in [0.3, 0.4) is 0 Å². The zero-order chi connectivity index (χ0) is 26.7. The van der Waals surface area contributed by atoms with Gasteiger partial charge in [-0.05, 0) is 69.4 Å². The standard InChI is InChI=1S/C30H16F6S2/c31-29(32,33)17-9-13-19(14-10-17)37-27-23-7-3-1-5-21(23)25-26(27)22-6-2-4-8-24(22)28(25)38-20-15-11-18(12-16-20)30(34,35)36/h1-16H. The molecule has 0 fully saturated rings. The molecule has 0 spiro atoms. The number of hydrogen-bond donors (Lipinski definition) is 0. The summed E-state index contributed by atoms with van der Waals surface area (Å²) in [5.41, 5.74) is 0.573. The minimum atomic E-state index is -4.41. The molecule has 0 nitrogen and oxygen atoms in total. The summed E-state index contributed by atoms with van der Waals surface area (Å²) in [6.07, 6.45) is -8.81. The third-order valence-electron chi connectivity index (χ3n) is 6.39. The fourth-order valence-corrected chi connectivity index (χ4v) is 6.90. The zero-order valence-electron chi connectivity index (χ0n) is 19.3. The van der Waals surface area contributed by atoms with Crippen LogP contribution in [0, 0.1) is 0 Å². The van der Waals surface area contributed by atoms with Gasteiger partial charge in [0.05, 0.1) is 11.1 Å². The molecule has 2 aliphatic rings. The van der Waals surface area contributed by atoms with Crippen LogP contribution >= 0.6 is 23.5 Å². The smallest absolute Gasteiger partial charge is 0.166 e. The summed E-state index contributed by atoms with van der Waals surface area (Å²) < 4.78 is 78.5. The molecule has 0 heterocycles. The summed E-state index contributed by atoms with van der Waals surface area (Å²) in [5, 5.41) is 3.93. The van der Waals surface area contributed by atoms with Gasteiger partial charge in [0.15, 0.2) is 0 Å². The molecule has 0 atom stereocenters. The van der Waals surface area contributed by atoms with Crippen molar-refractivity contribution in [2.24, 2.45) is 0 Å². The maximum Gasteiger partial charge on any atom is 0.416 e. The second-order valence-corrected chi connectivity index (χ2v) is 10.9. The van der Waals surface area contributed by atoms with Crippen LogP contribution in [-0.2, 0) is 12.4 Å². The Morgan fingerprint density at radius 1 is 0.395 bits per heavy atom. The summed E-state index contributed by atoms with van der Waals surface area (Å²) in [4.78, 5) is 3.23. The van der Waals surface area contributed by atoms with E-state index in [4.69, 9.17) is 0 Å². The Labute approximate surface area is 221 Å². The van der Waals surface area contributed by atoms with Crippen LogP contribution in [0.4, 0.5) is 26.3 Å². The molecule has 0 N–H and O–H groups in total. The zero-order valence-corrected chi connectivity index (χ0v) is 21.0. The SMILES string of the molecule is FC(F)(F)c1ccc(SC2=c3ccccc3=C3C(Sc4ccc(C(F)(F)F)cc4)=c4ccccc4=C23)cc1. The Morgan fingerprint density at radius 3 is 1.03 bits per heavy atom. The van der Waals surface area contributed by atoms with Crippen LogP contribution in [0.15, 0.2) is 107 Å². The molecule has 0 aromatic heterocycles. The van der Waals surface area contributed by atoms with E-state index in [1.165, 1.54) is 47.8 Å². The summed E-state index contributed by atoms with van der Waals surface area (Å²) in [5.74, 6) is 0. The first-order chi connectivity index (χ1) is 18.1. The second kappa shape index (κ2) is 9.13. The van der Waals surface area contributed by atoms with Gasteiger partial charge in [-0.1, -0.05) is 72.1 Å². The van der Waals surface area contributed by atoms with E-state index in [2.05, 4.69) is 0 Å². The van der Waals surface area contributed by atoms with Crippen LogP contribution in [0.5, 0.6) is 0 Å². The van der Waals surface area contributed by atoms with E-state index in [0.717, 1.165) is 66.1 Å². The molecule has 190 valence electrons. The van der Waals surface area contributed by atoms with Crippen molar-refractivity contribution in [2.75, 3.05) is 0 Å². The maximum absolute atomic E-state index is 13.1. The average Bonchev–Trinajstić information content (AvgIpc) is 3.37. The lowest BCUT2D eigenvalue weighted by Crippen LogP contribution is -2.26. The van der Waals surface area contributed by atoms with E-state index in [9.17, 15) is 26.3 Å². The number of benzene rings is 4. The van der Waals surface area contributed by atoms with E-state index in [1.54, 1.807) is 0 Å². The van der Waals surface area contributed by atoms with E-state index in [0.29, 0.717) is 9.79 Å². The molecule has 38 heavy (non-hydrogen) atoms. The van der Waals surface area contributed by atoms with Crippen LogP contribution in [-0.4, -0.2) is 0 Å². The molecule has 0 saturated carbocycles. The molecular formula is C30H16F6S2. The molecular weight excluding hydrogens is 538 g/mol. The van der Waals surface area contributed by atoms with Gasteiger partial charge in [-0.2, -0.15) is 26.3 Å². The Hall–Kier alpha value is -3.36. The van der Waals surface area contributed by atoms with Crippen molar-refractivity contribution in [3.05, 3.63) is 129 Å². The molecule has 4 aromatic carbocycles. The van der Waals surface area contributed by atoms with E-state index in [-0.39, 0.29) is 0 Å². The highest BCUT2D eigenvalue weighted by molar-refractivity contribution is 8.09. The first-order valence-electron chi connectivity index (χ1n) is 11.5. The fourth-order valence-electron chi connectivity index (χ4n) is 4.68. The van der Waals surface area contributed by atoms with Gasteiger partial charge >= 0.3 is 12.4 Å². The van der Waals surface area contributed by atoms with Crippen molar-refractivity contribution < 1.29 is 26.3 Å². The van der Waals surface area contributed by atoms with Gasteiger partial charge in [0.25, 0.3) is 0 Å². The monoisotopic (exact) mass is 554 g/mol. The summed E-state index contributed by atoms with van der Waals surface area (Å²) >= 11 is 2.82. The van der Waals surface area contributed by atoms with Crippen LogP contribution < -0.4 is 20.9 Å². The minimum absolute atomic E-state index is 0.679. The number of rotatable bonds is 4. The van der Waals surface area contributed by atoms with Crippen molar-refractivity contribution >= 4 is 44.5 Å². The highest BCUT2D eigenvalue weighted by Crippen LogP contribution is 2.46. The minimum Gasteiger partial charge on any atom is -0.166 e. The van der Waals surface area contributed by atoms with Gasteiger partial charge in [0.2, 0.25) is 0 Å². The van der Waals surface area contributed by atoms with Gasteiger partial charge < -0.3 is 0 Å². The highest BCUT2D eigenvalue weighted by Gasteiger charge is 2.32. The number of hydrogen-bond acceptors (Lipinski definition) is 2. The maximum atomic E-state index is 13.1. The molecule has 2 aliphatic carbocycles. The number of thioether (sulfide) groups is 2. The summed E-state index contributed by atoms with van der Waals surface area (Å²) in [6.45, 7) is 0. The predicted octanol–water partition coefficient (Wildman–Crippen LogP) is 6.55. The Morgan fingerprint density at radius 2 is 0.711 bits per heavy atom. The van der Waals surface area contributed by atoms with Crippen LogP contribution in [0.25, 0.3) is 21.0 Å². The molecule has 0 aliphatic heterocycles. The van der Waals surface area contributed by atoms with Gasteiger partial charge in [-0.3, -0.25) is 0 Å². The molecule has 8 heteroatoms. The Bertz CT molecular complexity index is 1680. The molecule has 0 radical (unpaired) electrons. The van der Waals surface area contributed by atoms with E-state index >= 15 is 0 Å². The molecule has 0 saturated heterocycles.